The lowest BCUT2D eigenvalue weighted by Gasteiger charge is -2.07. The van der Waals surface area contributed by atoms with E-state index in [2.05, 4.69) is 5.32 Å². The lowest BCUT2D eigenvalue weighted by atomic mass is 10.1. The summed E-state index contributed by atoms with van der Waals surface area (Å²) in [5.41, 5.74) is 7.20. The molecule has 0 saturated heterocycles. The molecule has 0 radical (unpaired) electrons. The Kier molecular flexibility index (Phi) is 3.96. The highest BCUT2D eigenvalue weighted by atomic mass is 19.1. The first-order valence-electron chi connectivity index (χ1n) is 5.92. The van der Waals surface area contributed by atoms with Gasteiger partial charge in [0, 0.05) is 5.69 Å². The second-order valence-corrected chi connectivity index (χ2v) is 4.28. The van der Waals surface area contributed by atoms with E-state index in [-0.39, 0.29) is 23.6 Å². The van der Waals surface area contributed by atoms with E-state index < -0.39 is 5.82 Å². The summed E-state index contributed by atoms with van der Waals surface area (Å²) < 4.78 is 13.6. The Balaban J connectivity index is 2.07. The van der Waals surface area contributed by atoms with Crippen LogP contribution in [0.2, 0.25) is 0 Å². The highest BCUT2D eigenvalue weighted by molar-refractivity contribution is 5.92. The van der Waals surface area contributed by atoms with Crippen LogP contribution in [0.4, 0.5) is 15.8 Å². The van der Waals surface area contributed by atoms with Gasteiger partial charge in [0.15, 0.2) is 0 Å². The fraction of sp³-hybridized carbons (Fsp3) is 0.0667. The predicted octanol–water partition coefficient (Wildman–Crippen LogP) is 2.46. The molecule has 1 amide bonds. The molecule has 0 aliphatic carbocycles. The number of hydrogen-bond acceptors (Lipinski definition) is 3. The largest absolute Gasteiger partial charge is 0.399 e. The Morgan fingerprint density at radius 2 is 2.10 bits per heavy atom. The summed E-state index contributed by atoms with van der Waals surface area (Å²) in [5.74, 6) is -0.982. The fourth-order valence-corrected chi connectivity index (χ4v) is 1.77. The van der Waals surface area contributed by atoms with E-state index in [0.29, 0.717) is 5.69 Å². The van der Waals surface area contributed by atoms with Crippen molar-refractivity contribution in [3.05, 3.63) is 59.4 Å². The molecule has 0 aliphatic heterocycles. The molecular formula is C15H12FN3O. The first kappa shape index (κ1) is 13.6. The Bertz CT molecular complexity index is 692. The van der Waals surface area contributed by atoms with Gasteiger partial charge in [-0.25, -0.2) is 4.39 Å². The van der Waals surface area contributed by atoms with Crippen LogP contribution in [-0.4, -0.2) is 5.91 Å². The molecule has 20 heavy (non-hydrogen) atoms. The van der Waals surface area contributed by atoms with Gasteiger partial charge in [-0.1, -0.05) is 12.1 Å². The van der Waals surface area contributed by atoms with E-state index in [9.17, 15) is 9.18 Å². The van der Waals surface area contributed by atoms with Gasteiger partial charge in [0.2, 0.25) is 5.91 Å². The van der Waals surface area contributed by atoms with Crippen LogP contribution in [0.15, 0.2) is 42.5 Å². The number of nitrogens with two attached hydrogens (primary N) is 1. The second kappa shape index (κ2) is 5.85. The molecule has 0 saturated carbocycles. The first-order valence-corrected chi connectivity index (χ1v) is 5.92. The number of nitrogen functional groups attached to an aromatic ring is 1. The second-order valence-electron chi connectivity index (χ2n) is 4.28. The average Bonchev–Trinajstić information content (AvgIpc) is 2.41. The van der Waals surface area contributed by atoms with E-state index >= 15 is 0 Å². The molecule has 2 rings (SSSR count). The summed E-state index contributed by atoms with van der Waals surface area (Å²) in [7, 11) is 0. The van der Waals surface area contributed by atoms with Crippen LogP contribution in [0.25, 0.3) is 0 Å². The van der Waals surface area contributed by atoms with Gasteiger partial charge in [0.25, 0.3) is 0 Å². The maximum atomic E-state index is 13.6. The number of benzene rings is 2. The SMILES string of the molecule is N#Cc1ccc(NC(=O)Cc2cccc(N)c2)c(F)c1. The fourth-order valence-electron chi connectivity index (χ4n) is 1.77. The van der Waals surface area contributed by atoms with Crippen molar-refractivity contribution in [3.63, 3.8) is 0 Å². The van der Waals surface area contributed by atoms with Crippen LogP contribution < -0.4 is 11.1 Å². The first-order chi connectivity index (χ1) is 9.58. The van der Waals surface area contributed by atoms with Crippen LogP contribution in [0.1, 0.15) is 11.1 Å². The molecule has 2 aromatic carbocycles. The van der Waals surface area contributed by atoms with E-state index in [0.717, 1.165) is 11.6 Å². The van der Waals surface area contributed by atoms with Crippen molar-refractivity contribution >= 4 is 17.3 Å². The van der Waals surface area contributed by atoms with E-state index in [4.69, 9.17) is 11.0 Å². The highest BCUT2D eigenvalue weighted by Crippen LogP contribution is 2.16. The summed E-state index contributed by atoms with van der Waals surface area (Å²) in [6, 6.07) is 12.6. The summed E-state index contributed by atoms with van der Waals surface area (Å²) in [6.45, 7) is 0. The van der Waals surface area contributed by atoms with Crippen LogP contribution in [0.5, 0.6) is 0 Å². The summed E-state index contributed by atoms with van der Waals surface area (Å²) in [4.78, 5) is 11.8. The zero-order valence-electron chi connectivity index (χ0n) is 10.6. The van der Waals surface area contributed by atoms with Crippen molar-refractivity contribution in [1.29, 1.82) is 5.26 Å². The zero-order valence-corrected chi connectivity index (χ0v) is 10.6. The standard InChI is InChI=1S/C15H12FN3O/c16-13-7-11(9-17)4-5-14(13)19-15(20)8-10-2-1-3-12(18)6-10/h1-7H,8,18H2,(H,19,20). The van der Waals surface area contributed by atoms with Crippen molar-refractivity contribution < 1.29 is 9.18 Å². The number of amides is 1. The minimum Gasteiger partial charge on any atom is -0.399 e. The number of nitrogens with one attached hydrogen (secondary N) is 1. The maximum Gasteiger partial charge on any atom is 0.228 e. The van der Waals surface area contributed by atoms with Gasteiger partial charge in [-0.15, -0.1) is 0 Å². The maximum absolute atomic E-state index is 13.6. The third-order valence-electron chi connectivity index (χ3n) is 2.69. The lowest BCUT2D eigenvalue weighted by Crippen LogP contribution is -2.15. The highest BCUT2D eigenvalue weighted by Gasteiger charge is 2.08. The molecule has 0 spiro atoms. The van der Waals surface area contributed by atoms with Gasteiger partial charge in [-0.2, -0.15) is 5.26 Å². The summed E-state index contributed by atoms with van der Waals surface area (Å²) in [6.07, 6.45) is 0.102. The molecular weight excluding hydrogens is 257 g/mol. The van der Waals surface area contributed by atoms with Crippen molar-refractivity contribution in [3.8, 4) is 6.07 Å². The number of rotatable bonds is 3. The van der Waals surface area contributed by atoms with Crippen LogP contribution >= 0.6 is 0 Å². The number of hydrogen-bond donors (Lipinski definition) is 2. The number of nitriles is 1. The van der Waals surface area contributed by atoms with Crippen molar-refractivity contribution in [2.45, 2.75) is 6.42 Å². The molecule has 0 fully saturated rings. The zero-order chi connectivity index (χ0) is 14.5. The van der Waals surface area contributed by atoms with E-state index in [1.54, 1.807) is 24.3 Å². The number of carbonyl (C=O) groups is 1. The van der Waals surface area contributed by atoms with Crippen molar-refractivity contribution in [1.82, 2.24) is 0 Å². The lowest BCUT2D eigenvalue weighted by molar-refractivity contribution is -0.115. The van der Waals surface area contributed by atoms with Gasteiger partial charge >= 0.3 is 0 Å². The molecule has 0 bridgehead atoms. The number of carbonyl (C=O) groups excluding carboxylic acids is 1. The molecule has 0 aliphatic rings. The summed E-state index contributed by atoms with van der Waals surface area (Å²) >= 11 is 0. The molecule has 100 valence electrons. The molecule has 4 nitrogen and oxygen atoms in total. The van der Waals surface area contributed by atoms with Gasteiger partial charge in [0.05, 0.1) is 23.7 Å². The normalized spacial score (nSPS) is 9.80. The third kappa shape index (κ3) is 3.33. The van der Waals surface area contributed by atoms with Gasteiger partial charge < -0.3 is 11.1 Å². The Hall–Kier alpha value is -2.87. The topological polar surface area (TPSA) is 78.9 Å². The molecule has 0 heterocycles. The summed E-state index contributed by atoms with van der Waals surface area (Å²) in [5, 5.41) is 11.1. The minimum atomic E-state index is -0.634. The molecule has 0 aromatic heterocycles. The Morgan fingerprint density at radius 1 is 1.30 bits per heavy atom. The van der Waals surface area contributed by atoms with Crippen LogP contribution in [-0.2, 0) is 11.2 Å². The number of halogens is 1. The average molecular weight is 269 g/mol. The molecule has 0 unspecified atom stereocenters. The smallest absolute Gasteiger partial charge is 0.228 e. The van der Waals surface area contributed by atoms with E-state index in [1.807, 2.05) is 6.07 Å². The van der Waals surface area contributed by atoms with E-state index in [1.165, 1.54) is 12.1 Å². The molecule has 3 N–H and O–H groups in total. The Morgan fingerprint density at radius 3 is 2.75 bits per heavy atom. The third-order valence-corrected chi connectivity index (χ3v) is 2.69. The number of nitrogens with zero attached hydrogens (tertiary/aromatic N) is 1. The molecule has 0 atom stereocenters. The molecule has 2 aromatic rings. The van der Waals surface area contributed by atoms with Crippen LogP contribution in [0, 0.1) is 17.1 Å². The van der Waals surface area contributed by atoms with Gasteiger partial charge in [-0.3, -0.25) is 4.79 Å². The van der Waals surface area contributed by atoms with Crippen molar-refractivity contribution in [2.75, 3.05) is 11.1 Å². The van der Waals surface area contributed by atoms with Crippen LogP contribution in [0.3, 0.4) is 0 Å². The quantitative estimate of drug-likeness (QED) is 0.840. The number of anilines is 2. The van der Waals surface area contributed by atoms with Gasteiger partial charge in [0.1, 0.15) is 5.82 Å². The Labute approximate surface area is 115 Å². The monoisotopic (exact) mass is 269 g/mol. The van der Waals surface area contributed by atoms with Gasteiger partial charge in [-0.05, 0) is 35.9 Å². The minimum absolute atomic E-state index is 0.0536. The predicted molar refractivity (Wildman–Crippen MR) is 74.3 cm³/mol. The molecule has 5 heteroatoms. The van der Waals surface area contributed by atoms with Crippen molar-refractivity contribution in [2.24, 2.45) is 0 Å².